The monoisotopic (exact) mass is 464 g/mol. The Labute approximate surface area is 172 Å². The number of ether oxygens (including phenoxy) is 2. The molecule has 2 amide bonds. The molecule has 0 aromatic heterocycles. The van der Waals surface area contributed by atoms with Gasteiger partial charge in [-0.3, -0.25) is 19.8 Å². The minimum absolute atomic E-state index is 0.00854. The van der Waals surface area contributed by atoms with Gasteiger partial charge in [0, 0.05) is 9.50 Å². The van der Waals surface area contributed by atoms with Crippen molar-refractivity contribution in [3.05, 3.63) is 57.0 Å². The third kappa shape index (κ3) is 3.31. The molecule has 2 aromatic carbocycles. The van der Waals surface area contributed by atoms with Crippen LogP contribution in [0.5, 0.6) is 11.5 Å². The lowest BCUT2D eigenvalue weighted by molar-refractivity contribution is -0.122. The molecule has 2 aliphatic heterocycles. The standard InChI is InChI=1S/C18H10BrClN2O4S/c19-13-7-15-14(25-8-26-15)6-9(13)5-12-16(23)21-18(27)22(17(12)24)11-3-1-10(20)2-4-11/h1-7H,8H2,(H,21,23,27)/b12-5+. The van der Waals surface area contributed by atoms with Gasteiger partial charge in [0.25, 0.3) is 11.8 Å². The quantitative estimate of drug-likeness (QED) is 0.416. The van der Waals surface area contributed by atoms with Crippen molar-refractivity contribution in [2.75, 3.05) is 11.7 Å². The van der Waals surface area contributed by atoms with E-state index in [2.05, 4.69) is 21.2 Å². The van der Waals surface area contributed by atoms with Crippen molar-refractivity contribution in [1.82, 2.24) is 5.32 Å². The van der Waals surface area contributed by atoms with Gasteiger partial charge >= 0.3 is 0 Å². The smallest absolute Gasteiger partial charge is 0.270 e. The Balaban J connectivity index is 1.75. The van der Waals surface area contributed by atoms with Crippen molar-refractivity contribution in [2.24, 2.45) is 0 Å². The van der Waals surface area contributed by atoms with E-state index in [1.165, 1.54) is 11.0 Å². The van der Waals surface area contributed by atoms with E-state index in [-0.39, 0.29) is 17.5 Å². The molecule has 27 heavy (non-hydrogen) atoms. The third-order valence-electron chi connectivity index (χ3n) is 3.98. The maximum atomic E-state index is 13.0. The number of amides is 2. The van der Waals surface area contributed by atoms with Crippen LogP contribution in [-0.4, -0.2) is 23.7 Å². The second-order valence-corrected chi connectivity index (χ2v) is 7.34. The van der Waals surface area contributed by atoms with Crippen molar-refractivity contribution < 1.29 is 19.1 Å². The molecule has 2 aliphatic rings. The van der Waals surface area contributed by atoms with Crippen molar-refractivity contribution in [3.63, 3.8) is 0 Å². The molecule has 1 N–H and O–H groups in total. The van der Waals surface area contributed by atoms with E-state index < -0.39 is 11.8 Å². The van der Waals surface area contributed by atoms with Crippen LogP contribution in [-0.2, 0) is 9.59 Å². The first-order valence-corrected chi connectivity index (χ1v) is 9.28. The summed E-state index contributed by atoms with van der Waals surface area (Å²) in [5.74, 6) is 0.0293. The second-order valence-electron chi connectivity index (χ2n) is 5.66. The number of fused-ring (bicyclic) bond motifs is 1. The van der Waals surface area contributed by atoms with Gasteiger partial charge in [-0.15, -0.1) is 0 Å². The highest BCUT2D eigenvalue weighted by molar-refractivity contribution is 9.10. The molecule has 2 heterocycles. The van der Waals surface area contributed by atoms with Crippen LogP contribution < -0.4 is 19.7 Å². The zero-order valence-electron chi connectivity index (χ0n) is 13.5. The van der Waals surface area contributed by atoms with E-state index in [0.717, 1.165) is 0 Å². The number of carbonyl (C=O) groups excluding carboxylic acids is 2. The summed E-state index contributed by atoms with van der Waals surface area (Å²) >= 11 is 14.5. The van der Waals surface area contributed by atoms with E-state index in [9.17, 15) is 9.59 Å². The first-order chi connectivity index (χ1) is 12.9. The molecule has 0 saturated carbocycles. The molecule has 136 valence electrons. The summed E-state index contributed by atoms with van der Waals surface area (Å²) in [7, 11) is 0. The number of hydrogen-bond donors (Lipinski definition) is 1. The van der Waals surface area contributed by atoms with Crippen molar-refractivity contribution in [1.29, 1.82) is 0 Å². The van der Waals surface area contributed by atoms with E-state index in [1.807, 2.05) is 0 Å². The van der Waals surface area contributed by atoms with Gasteiger partial charge in [-0.05, 0) is 60.3 Å². The predicted molar refractivity (Wildman–Crippen MR) is 108 cm³/mol. The topological polar surface area (TPSA) is 67.9 Å². The molecule has 0 unspecified atom stereocenters. The first kappa shape index (κ1) is 18.0. The van der Waals surface area contributed by atoms with Crippen LogP contribution in [0.2, 0.25) is 5.02 Å². The van der Waals surface area contributed by atoms with Crippen LogP contribution in [0.25, 0.3) is 6.08 Å². The summed E-state index contributed by atoms with van der Waals surface area (Å²) in [6, 6.07) is 10.00. The predicted octanol–water partition coefficient (Wildman–Crippen LogP) is 3.66. The minimum atomic E-state index is -0.570. The van der Waals surface area contributed by atoms with Crippen LogP contribution in [0.1, 0.15) is 5.56 Å². The number of anilines is 1. The van der Waals surface area contributed by atoms with Crippen LogP contribution in [0.15, 0.2) is 46.4 Å². The Morgan fingerprint density at radius 1 is 1.15 bits per heavy atom. The molecule has 4 rings (SSSR count). The summed E-state index contributed by atoms with van der Waals surface area (Å²) in [4.78, 5) is 26.6. The third-order valence-corrected chi connectivity index (χ3v) is 5.20. The summed E-state index contributed by atoms with van der Waals surface area (Å²) < 4.78 is 11.3. The molecule has 0 bridgehead atoms. The maximum Gasteiger partial charge on any atom is 0.270 e. The van der Waals surface area contributed by atoms with Crippen LogP contribution in [0.4, 0.5) is 5.69 Å². The number of nitrogens with zero attached hydrogens (tertiary/aromatic N) is 1. The zero-order valence-corrected chi connectivity index (χ0v) is 16.7. The van der Waals surface area contributed by atoms with Gasteiger partial charge in [-0.25, -0.2) is 0 Å². The van der Waals surface area contributed by atoms with E-state index in [1.54, 1.807) is 36.4 Å². The first-order valence-electron chi connectivity index (χ1n) is 7.70. The molecule has 0 radical (unpaired) electrons. The molecule has 0 atom stereocenters. The number of halogens is 2. The molecule has 1 saturated heterocycles. The molecule has 2 aromatic rings. The van der Waals surface area contributed by atoms with Gasteiger partial charge in [-0.2, -0.15) is 0 Å². The average molecular weight is 466 g/mol. The van der Waals surface area contributed by atoms with Crippen molar-refractivity contribution in [2.45, 2.75) is 0 Å². The summed E-state index contributed by atoms with van der Waals surface area (Å²) in [6.07, 6.45) is 1.48. The Kier molecular flexibility index (Phi) is 4.63. The van der Waals surface area contributed by atoms with Crippen molar-refractivity contribution >= 4 is 68.4 Å². The molecule has 0 aliphatic carbocycles. The Hall–Kier alpha value is -2.42. The van der Waals surface area contributed by atoms with Gasteiger partial charge in [0.05, 0.1) is 5.69 Å². The summed E-state index contributed by atoms with van der Waals surface area (Å²) in [5, 5.41) is 3.07. The Morgan fingerprint density at radius 3 is 2.52 bits per heavy atom. The van der Waals surface area contributed by atoms with Gasteiger partial charge in [-0.1, -0.05) is 27.5 Å². The van der Waals surface area contributed by atoms with E-state index >= 15 is 0 Å². The summed E-state index contributed by atoms with van der Waals surface area (Å²) in [6.45, 7) is 0.125. The second kappa shape index (κ2) is 6.95. The Bertz CT molecular complexity index is 1020. The Morgan fingerprint density at radius 2 is 1.81 bits per heavy atom. The normalized spacial score (nSPS) is 17.5. The lowest BCUT2D eigenvalue weighted by atomic mass is 10.1. The number of benzene rings is 2. The largest absolute Gasteiger partial charge is 0.454 e. The average Bonchev–Trinajstić information content (AvgIpc) is 3.07. The highest BCUT2D eigenvalue weighted by Crippen LogP contribution is 2.38. The van der Waals surface area contributed by atoms with Crippen LogP contribution in [0, 0.1) is 0 Å². The molecule has 9 heteroatoms. The van der Waals surface area contributed by atoms with Crippen LogP contribution in [0.3, 0.4) is 0 Å². The molecular weight excluding hydrogens is 456 g/mol. The molecule has 6 nitrogen and oxygen atoms in total. The molecule has 1 fully saturated rings. The van der Waals surface area contributed by atoms with Gasteiger partial charge in [0.1, 0.15) is 5.57 Å². The minimum Gasteiger partial charge on any atom is -0.454 e. The van der Waals surface area contributed by atoms with E-state index in [0.29, 0.717) is 32.2 Å². The van der Waals surface area contributed by atoms with Gasteiger partial charge < -0.3 is 9.47 Å². The van der Waals surface area contributed by atoms with Crippen LogP contribution >= 0.6 is 39.7 Å². The zero-order chi connectivity index (χ0) is 19.1. The highest BCUT2D eigenvalue weighted by atomic mass is 79.9. The fourth-order valence-corrected chi connectivity index (χ4v) is 3.52. The number of carbonyl (C=O) groups is 2. The highest BCUT2D eigenvalue weighted by Gasteiger charge is 2.34. The fourth-order valence-electron chi connectivity index (χ4n) is 2.68. The van der Waals surface area contributed by atoms with Gasteiger partial charge in [0.15, 0.2) is 16.6 Å². The number of rotatable bonds is 2. The SMILES string of the molecule is O=C1NC(=S)N(c2ccc(Cl)cc2)C(=O)/C1=C/c1cc2c(cc1Br)OCO2. The number of hydrogen-bond acceptors (Lipinski definition) is 5. The fraction of sp³-hybridized carbons (Fsp3) is 0.0556. The van der Waals surface area contributed by atoms with Crippen molar-refractivity contribution in [3.8, 4) is 11.5 Å². The van der Waals surface area contributed by atoms with Gasteiger partial charge in [0.2, 0.25) is 6.79 Å². The number of thiocarbonyl (C=S) groups is 1. The van der Waals surface area contributed by atoms with E-state index in [4.69, 9.17) is 33.3 Å². The molecular formula is C18H10BrClN2O4S. The molecule has 0 spiro atoms. The number of nitrogens with one attached hydrogen (secondary N) is 1. The lowest BCUT2D eigenvalue weighted by Crippen LogP contribution is -2.54. The lowest BCUT2D eigenvalue weighted by Gasteiger charge is -2.29. The maximum absolute atomic E-state index is 13.0. The summed E-state index contributed by atoms with van der Waals surface area (Å²) in [5.41, 5.74) is 1.05.